The van der Waals surface area contributed by atoms with Gasteiger partial charge in [-0.05, 0) is 68.4 Å². The van der Waals surface area contributed by atoms with Gasteiger partial charge in [0.25, 0.3) is 0 Å². The minimum absolute atomic E-state index is 0.0310. The average Bonchev–Trinajstić information content (AvgIpc) is 3.27. The molecule has 0 saturated carbocycles. The monoisotopic (exact) mass is 480 g/mol. The third kappa shape index (κ3) is 5.47. The Balaban J connectivity index is 1.31. The van der Waals surface area contributed by atoms with Gasteiger partial charge < -0.3 is 14.5 Å². The van der Waals surface area contributed by atoms with Crippen LogP contribution in [-0.4, -0.2) is 54.4 Å². The molecule has 2 aliphatic heterocycles. The van der Waals surface area contributed by atoms with Crippen molar-refractivity contribution < 1.29 is 14.3 Å². The molecule has 1 spiro atoms. The van der Waals surface area contributed by atoms with Crippen LogP contribution >= 0.6 is 11.6 Å². The number of rotatable bonds is 6. The Labute approximate surface area is 207 Å². The van der Waals surface area contributed by atoms with Gasteiger partial charge in [0.1, 0.15) is 5.75 Å². The predicted octanol–water partition coefficient (Wildman–Crippen LogP) is 5.40. The first-order valence-corrected chi connectivity index (χ1v) is 12.5. The van der Waals surface area contributed by atoms with E-state index in [0.717, 1.165) is 62.3 Å². The first kappa shape index (κ1) is 24.3. The largest absolute Gasteiger partial charge is 0.493 e. The number of carbonyl (C=O) groups excluding carboxylic acids is 2. The van der Waals surface area contributed by atoms with Crippen molar-refractivity contribution in [3.8, 4) is 5.75 Å². The van der Waals surface area contributed by atoms with Crippen molar-refractivity contribution in [3.05, 3.63) is 70.8 Å². The summed E-state index contributed by atoms with van der Waals surface area (Å²) in [7, 11) is 0. The molecule has 0 bridgehead atoms. The summed E-state index contributed by atoms with van der Waals surface area (Å²) in [5, 5.41) is 0.679. The van der Waals surface area contributed by atoms with Gasteiger partial charge >= 0.3 is 0 Å². The highest BCUT2D eigenvalue weighted by Gasteiger charge is 2.43. The second-order valence-corrected chi connectivity index (χ2v) is 9.85. The highest BCUT2D eigenvalue weighted by Crippen LogP contribution is 2.41. The van der Waals surface area contributed by atoms with Gasteiger partial charge in [0.15, 0.2) is 0 Å². The maximum atomic E-state index is 13.1. The molecule has 0 radical (unpaired) electrons. The van der Waals surface area contributed by atoms with Gasteiger partial charge in [0, 0.05) is 42.8 Å². The standard InChI is InChI=1S/C28H33ClN2O3/c1-3-34-25-7-5-4-6-23(25)10-13-26(32)30-17-14-28(15-18-30)16-19-31(20-28)27(33)21(2)22-8-11-24(29)12-9-22/h4-13,21H,3,14-20H2,1-2H3/b13-10+. The summed E-state index contributed by atoms with van der Waals surface area (Å²) in [4.78, 5) is 29.9. The molecule has 2 aromatic rings. The number of halogens is 1. The molecule has 5 nitrogen and oxygen atoms in total. The highest BCUT2D eigenvalue weighted by atomic mass is 35.5. The van der Waals surface area contributed by atoms with Crippen molar-refractivity contribution in [1.82, 2.24) is 9.80 Å². The molecule has 2 saturated heterocycles. The van der Waals surface area contributed by atoms with Gasteiger partial charge in [0.05, 0.1) is 12.5 Å². The molecule has 2 aliphatic rings. The molecule has 1 unspecified atom stereocenters. The Morgan fingerprint density at radius 3 is 2.35 bits per heavy atom. The van der Waals surface area contributed by atoms with Gasteiger partial charge in [-0.2, -0.15) is 0 Å². The summed E-state index contributed by atoms with van der Waals surface area (Å²) in [5.74, 6) is 0.811. The summed E-state index contributed by atoms with van der Waals surface area (Å²) in [6.07, 6.45) is 6.36. The third-order valence-electron chi connectivity index (χ3n) is 7.25. The van der Waals surface area contributed by atoms with Crippen LogP contribution in [0.1, 0.15) is 50.2 Å². The van der Waals surface area contributed by atoms with E-state index in [1.165, 1.54) is 0 Å². The van der Waals surface area contributed by atoms with E-state index < -0.39 is 0 Å². The molecule has 6 heteroatoms. The predicted molar refractivity (Wildman–Crippen MR) is 136 cm³/mol. The second kappa shape index (κ2) is 10.6. The lowest BCUT2D eigenvalue weighted by Gasteiger charge is -2.39. The first-order valence-electron chi connectivity index (χ1n) is 12.1. The summed E-state index contributed by atoms with van der Waals surface area (Å²) in [6, 6.07) is 15.3. The van der Waals surface area contributed by atoms with E-state index in [9.17, 15) is 9.59 Å². The molecule has 0 aromatic heterocycles. The molecular weight excluding hydrogens is 448 g/mol. The first-order chi connectivity index (χ1) is 16.4. The van der Waals surface area contributed by atoms with E-state index in [-0.39, 0.29) is 23.1 Å². The van der Waals surface area contributed by atoms with Crippen LogP contribution in [0.3, 0.4) is 0 Å². The fourth-order valence-electron chi connectivity index (χ4n) is 5.07. The Bertz CT molecular complexity index is 1040. The van der Waals surface area contributed by atoms with Crippen molar-refractivity contribution in [1.29, 1.82) is 0 Å². The lowest BCUT2D eigenvalue weighted by atomic mass is 9.77. The van der Waals surface area contributed by atoms with E-state index in [1.807, 2.05) is 78.3 Å². The van der Waals surface area contributed by atoms with Crippen molar-refractivity contribution in [2.24, 2.45) is 5.41 Å². The number of piperidine rings is 1. The molecule has 2 heterocycles. The summed E-state index contributed by atoms with van der Waals surface area (Å²) in [6.45, 7) is 7.53. The molecule has 2 amide bonds. The van der Waals surface area contributed by atoms with Gasteiger partial charge in [-0.3, -0.25) is 9.59 Å². The minimum Gasteiger partial charge on any atom is -0.493 e. The van der Waals surface area contributed by atoms with Crippen molar-refractivity contribution in [3.63, 3.8) is 0 Å². The Morgan fingerprint density at radius 2 is 1.68 bits per heavy atom. The zero-order valence-electron chi connectivity index (χ0n) is 20.0. The third-order valence-corrected chi connectivity index (χ3v) is 7.50. The van der Waals surface area contributed by atoms with Crippen molar-refractivity contribution in [2.75, 3.05) is 32.8 Å². The van der Waals surface area contributed by atoms with Crippen LogP contribution in [-0.2, 0) is 9.59 Å². The van der Waals surface area contributed by atoms with Crippen LogP contribution in [0.15, 0.2) is 54.6 Å². The molecule has 2 fully saturated rings. The van der Waals surface area contributed by atoms with Crippen LogP contribution < -0.4 is 4.74 Å². The van der Waals surface area contributed by atoms with Gasteiger partial charge in [-0.1, -0.05) is 41.9 Å². The van der Waals surface area contributed by atoms with E-state index in [4.69, 9.17) is 16.3 Å². The number of benzene rings is 2. The smallest absolute Gasteiger partial charge is 0.246 e. The van der Waals surface area contributed by atoms with Crippen LogP contribution in [0.4, 0.5) is 0 Å². The number of hydrogen-bond acceptors (Lipinski definition) is 3. The minimum atomic E-state index is -0.182. The lowest BCUT2D eigenvalue weighted by Crippen LogP contribution is -2.44. The number of amides is 2. The Morgan fingerprint density at radius 1 is 1.03 bits per heavy atom. The number of nitrogens with zero attached hydrogens (tertiary/aromatic N) is 2. The van der Waals surface area contributed by atoms with Crippen molar-refractivity contribution in [2.45, 2.75) is 39.0 Å². The van der Waals surface area contributed by atoms with Crippen molar-refractivity contribution >= 4 is 29.5 Å². The Hall–Kier alpha value is -2.79. The van der Waals surface area contributed by atoms with Crippen LogP contribution in [0.2, 0.25) is 5.02 Å². The average molecular weight is 481 g/mol. The topological polar surface area (TPSA) is 49.9 Å². The summed E-state index contributed by atoms with van der Waals surface area (Å²) < 4.78 is 5.64. The fourth-order valence-corrected chi connectivity index (χ4v) is 5.20. The molecule has 0 aliphatic carbocycles. The van der Waals surface area contributed by atoms with Crippen LogP contribution in [0.25, 0.3) is 6.08 Å². The molecule has 4 rings (SSSR count). The molecule has 1 atom stereocenters. The molecule has 180 valence electrons. The quantitative estimate of drug-likeness (QED) is 0.520. The van der Waals surface area contributed by atoms with E-state index in [1.54, 1.807) is 6.08 Å². The van der Waals surface area contributed by atoms with Gasteiger partial charge in [-0.15, -0.1) is 0 Å². The maximum Gasteiger partial charge on any atom is 0.246 e. The summed E-state index contributed by atoms with van der Waals surface area (Å²) in [5.41, 5.74) is 2.02. The number of likely N-dealkylation sites (tertiary alicyclic amines) is 2. The SMILES string of the molecule is CCOc1ccccc1/C=C/C(=O)N1CCC2(CC1)CCN(C(=O)C(C)c1ccc(Cl)cc1)C2. The number of ether oxygens (including phenoxy) is 1. The molecule has 34 heavy (non-hydrogen) atoms. The zero-order chi connectivity index (χ0) is 24.1. The number of carbonyl (C=O) groups is 2. The number of hydrogen-bond donors (Lipinski definition) is 0. The van der Waals surface area contributed by atoms with E-state index in [0.29, 0.717) is 11.6 Å². The van der Waals surface area contributed by atoms with E-state index in [2.05, 4.69) is 0 Å². The van der Waals surface area contributed by atoms with Crippen LogP contribution in [0.5, 0.6) is 5.75 Å². The molecular formula is C28H33ClN2O3. The number of para-hydroxylation sites is 1. The van der Waals surface area contributed by atoms with Gasteiger partial charge in [-0.25, -0.2) is 0 Å². The molecule has 0 N–H and O–H groups in total. The Kier molecular flexibility index (Phi) is 7.62. The normalized spacial score (nSPS) is 18.4. The zero-order valence-corrected chi connectivity index (χ0v) is 20.8. The lowest BCUT2D eigenvalue weighted by molar-refractivity contribution is -0.133. The second-order valence-electron chi connectivity index (χ2n) is 9.41. The highest BCUT2D eigenvalue weighted by molar-refractivity contribution is 6.30. The molecule has 2 aromatic carbocycles. The fraction of sp³-hybridized carbons (Fsp3) is 0.429. The van der Waals surface area contributed by atoms with Crippen LogP contribution in [0, 0.1) is 5.41 Å². The summed E-state index contributed by atoms with van der Waals surface area (Å²) >= 11 is 5.99. The van der Waals surface area contributed by atoms with E-state index >= 15 is 0 Å². The maximum absolute atomic E-state index is 13.1. The van der Waals surface area contributed by atoms with Gasteiger partial charge in [0.2, 0.25) is 11.8 Å².